The lowest BCUT2D eigenvalue weighted by Gasteiger charge is -2.31. The van der Waals surface area contributed by atoms with E-state index in [-0.39, 0.29) is 94.4 Å². The molecule has 29 N–H and O–H groups in total. The van der Waals surface area contributed by atoms with Crippen molar-refractivity contribution in [2.45, 2.75) is 224 Å². The Kier molecular flexibility index (Phi) is 37.3. The summed E-state index contributed by atoms with van der Waals surface area (Å²) in [6.07, 6.45) is -4.69. The number of rotatable bonds is 49. The molecule has 3 rings (SSSR count). The van der Waals surface area contributed by atoms with E-state index in [0.29, 0.717) is 17.5 Å². The van der Waals surface area contributed by atoms with Crippen LogP contribution in [0.2, 0.25) is 0 Å². The largest absolute Gasteiger partial charge is 0.508 e. The molecule has 0 saturated heterocycles. The van der Waals surface area contributed by atoms with Crippen LogP contribution in [0.3, 0.4) is 0 Å². The number of phenolic OH excluding ortho intramolecular Hbond substituents is 1. The van der Waals surface area contributed by atoms with Gasteiger partial charge in [0.15, 0.2) is 0 Å². The highest BCUT2D eigenvalue weighted by molar-refractivity contribution is 5.99. The van der Waals surface area contributed by atoms with Crippen LogP contribution in [0.5, 0.6) is 5.75 Å². The number of para-hydroxylation sites is 1. The summed E-state index contributed by atoms with van der Waals surface area (Å²) in [5.74, 6) is -13.0. The van der Waals surface area contributed by atoms with Gasteiger partial charge in [-0.2, -0.15) is 0 Å². The maximum atomic E-state index is 14.5. The van der Waals surface area contributed by atoms with Gasteiger partial charge in [0, 0.05) is 29.9 Å². The molecule has 564 valence electrons. The number of unbranched alkanes of at least 4 members (excludes halogenated alkanes) is 1. The highest BCUT2D eigenvalue weighted by atomic mass is 16.4. The van der Waals surface area contributed by atoms with E-state index >= 15 is 0 Å². The first-order valence-electron chi connectivity index (χ1n) is 33.8. The number of aliphatic carboxylic acids is 2. The van der Waals surface area contributed by atoms with Crippen LogP contribution in [0.25, 0.3) is 10.9 Å². The van der Waals surface area contributed by atoms with Crippen LogP contribution in [0.15, 0.2) is 54.7 Å². The lowest BCUT2D eigenvalue weighted by atomic mass is 9.99. The Morgan fingerprint density at radius 1 is 0.495 bits per heavy atom. The van der Waals surface area contributed by atoms with E-state index in [4.69, 9.17) is 34.4 Å². The number of benzene rings is 2. The van der Waals surface area contributed by atoms with E-state index in [0.717, 1.165) is 10.9 Å². The molecular weight excluding hydrogens is 1320 g/mol. The zero-order valence-corrected chi connectivity index (χ0v) is 58.4. The van der Waals surface area contributed by atoms with Gasteiger partial charge in [-0.25, -0.2) is 4.79 Å². The number of fused-ring (bicyclic) bond motifs is 1. The predicted molar refractivity (Wildman–Crippen MR) is 372 cm³/mol. The molecule has 0 fully saturated rings. The zero-order chi connectivity index (χ0) is 75.8. The third kappa shape index (κ3) is 32.1. The summed E-state index contributed by atoms with van der Waals surface area (Å²) in [4.78, 5) is 166. The number of amides is 10. The standard InChI is InChI=1S/C66H108N18O17/c1-33(2)25-46(60(95)77-44(21-22-54(88)89)58(93)76-43(15-10-11-23-67)57(92)81-48(27-35(5)6)62(97)82-47(26-34(3)4)61(96)78-45(65(100)101)16-12-24-73-66(71)72)83-64(99)51(31-53(70)87)79-55(90)36(7)75-59(94)49(28-37-17-19-39(85)20-18-37)84-63(98)50(80-56(91)41(68)30-52(69)86)29-38-32-74-42-14-9-8-13-40(38)42/h8-9,13-14,17-20,32-36,41,43-51,56,59,66,73-75,80,85,91,94H,10-12,15-16,21-31,67-68,71-72H2,1-7H3,(H2,69,86)(H2,70,87)(H,76,93)(H,77,95)(H,78,96)(H,79,90)(H,81,92)(H,82,97)(H,83,99)(H,84,98)(H,88,89)(H,100,101)/t36-,41-,43-,44-,45-,46-,47-,48-,49-,50-,51-,56-,59+/m1/s1. The van der Waals surface area contributed by atoms with Crippen molar-refractivity contribution < 1.29 is 83.1 Å². The van der Waals surface area contributed by atoms with Gasteiger partial charge in [-0.15, -0.1) is 0 Å². The average molecular weight is 1430 g/mol. The molecule has 0 aliphatic heterocycles. The SMILES string of the molecule is CC(C)C[C@@H](NC(=O)[C@@H](CC(C)C)NC(=O)[C@@H](CCCCN)NC(=O)[C@@H](CCC(=O)O)NC(=O)[C@@H](CC(C)C)NC(=O)[C@@H](CC(N)=O)NC(=O)[C@@H](C)N[C@@H](O)[C@@H](Cc1ccc(O)cc1)NC(=O)[C@@H](Cc1c[nH]c2ccccc12)N[C@H](O)[C@H](N)CC(N)=O)C(=O)N[C@H](CCCNC(N)N)C(=O)O. The first-order chi connectivity index (χ1) is 47.5. The van der Waals surface area contributed by atoms with Crippen molar-refractivity contribution in [3.8, 4) is 5.75 Å². The summed E-state index contributed by atoms with van der Waals surface area (Å²) in [7, 11) is 0. The van der Waals surface area contributed by atoms with Crippen molar-refractivity contribution in [3.63, 3.8) is 0 Å². The second-order valence-electron chi connectivity index (χ2n) is 26.5. The van der Waals surface area contributed by atoms with E-state index in [2.05, 4.69) is 63.5 Å². The van der Waals surface area contributed by atoms with Crippen LogP contribution in [0.1, 0.15) is 137 Å². The second-order valence-corrected chi connectivity index (χ2v) is 26.5. The summed E-state index contributed by atoms with van der Waals surface area (Å²) < 4.78 is 0. The van der Waals surface area contributed by atoms with Crippen molar-refractivity contribution in [2.24, 2.45) is 52.2 Å². The van der Waals surface area contributed by atoms with Gasteiger partial charge >= 0.3 is 11.9 Å². The van der Waals surface area contributed by atoms with E-state index in [1.165, 1.54) is 31.2 Å². The Balaban J connectivity index is 1.90. The fraction of sp³-hybridized carbons (Fsp3) is 0.606. The van der Waals surface area contributed by atoms with Gasteiger partial charge in [0.05, 0.1) is 30.6 Å². The number of phenols is 1. The second kappa shape index (κ2) is 43.7. The number of nitrogens with one attached hydrogen (secondary N) is 12. The molecule has 0 saturated carbocycles. The van der Waals surface area contributed by atoms with Crippen LogP contribution in [-0.4, -0.2) is 200 Å². The van der Waals surface area contributed by atoms with E-state index < -0.39 is 182 Å². The maximum absolute atomic E-state index is 14.5. The van der Waals surface area contributed by atoms with E-state index in [9.17, 15) is 83.1 Å². The third-order valence-corrected chi connectivity index (χ3v) is 16.1. The number of nitrogens with two attached hydrogens (primary N) is 6. The number of carbonyl (C=O) groups is 12. The smallest absolute Gasteiger partial charge is 0.326 e. The quantitative estimate of drug-likeness (QED) is 0.0189. The predicted octanol–water partition coefficient (Wildman–Crippen LogP) is -4.02. The minimum absolute atomic E-state index is 0.0114. The first kappa shape index (κ1) is 86.3. The molecule has 0 aliphatic rings. The summed E-state index contributed by atoms with van der Waals surface area (Å²) in [5.41, 5.74) is 35.6. The summed E-state index contributed by atoms with van der Waals surface area (Å²) in [6.45, 7) is 12.1. The molecule has 1 aromatic heterocycles. The Bertz CT molecular complexity index is 3210. The number of primary amides is 2. The Labute approximate surface area is 586 Å². The number of carboxylic acids is 2. The zero-order valence-electron chi connectivity index (χ0n) is 58.4. The molecule has 1 heterocycles. The van der Waals surface area contributed by atoms with Gasteiger partial charge in [0.25, 0.3) is 0 Å². The minimum Gasteiger partial charge on any atom is -0.508 e. The fourth-order valence-corrected chi connectivity index (χ4v) is 10.9. The van der Waals surface area contributed by atoms with Crippen molar-refractivity contribution in [1.29, 1.82) is 0 Å². The number of aromatic hydroxyl groups is 1. The van der Waals surface area contributed by atoms with Gasteiger partial charge in [0.1, 0.15) is 66.8 Å². The normalized spacial score (nSPS) is 15.5. The molecular formula is C66H108N18O17. The van der Waals surface area contributed by atoms with Gasteiger partial charge in [-0.1, -0.05) is 71.9 Å². The Morgan fingerprint density at radius 3 is 1.46 bits per heavy atom. The number of carboxylic acid groups (broad SMARTS) is 2. The molecule has 0 spiro atoms. The van der Waals surface area contributed by atoms with Gasteiger partial charge < -0.3 is 107 Å². The molecule has 13 atom stereocenters. The molecule has 0 bridgehead atoms. The van der Waals surface area contributed by atoms with E-state index in [1.807, 2.05) is 6.07 Å². The van der Waals surface area contributed by atoms with Crippen molar-refractivity contribution in [1.82, 2.24) is 63.5 Å². The van der Waals surface area contributed by atoms with Gasteiger partial charge in [-0.3, -0.25) is 68.7 Å². The van der Waals surface area contributed by atoms with Crippen LogP contribution in [-0.2, 0) is 70.4 Å². The van der Waals surface area contributed by atoms with Gasteiger partial charge in [0.2, 0.25) is 59.1 Å². The lowest BCUT2D eigenvalue weighted by Crippen LogP contribution is -2.62. The molecule has 35 heteroatoms. The number of aromatic nitrogens is 1. The minimum atomic E-state index is -1.80. The molecule has 10 amide bonds. The number of hydrogen-bond acceptors (Lipinski definition) is 22. The molecule has 0 radical (unpaired) electrons. The number of aliphatic hydroxyl groups excluding tert-OH is 2. The molecule has 3 aromatic rings. The maximum Gasteiger partial charge on any atom is 0.326 e. The Morgan fingerprint density at radius 2 is 0.960 bits per heavy atom. The van der Waals surface area contributed by atoms with Crippen LogP contribution in [0, 0.1) is 17.8 Å². The first-order valence-corrected chi connectivity index (χ1v) is 33.8. The van der Waals surface area contributed by atoms with Crippen molar-refractivity contribution >= 4 is 81.9 Å². The van der Waals surface area contributed by atoms with Gasteiger partial charge in [-0.05, 0) is 138 Å². The summed E-state index contributed by atoms with van der Waals surface area (Å²) in [6, 6.07) is -2.81. The van der Waals surface area contributed by atoms with Crippen LogP contribution in [0.4, 0.5) is 0 Å². The van der Waals surface area contributed by atoms with Crippen molar-refractivity contribution in [2.75, 3.05) is 13.1 Å². The number of aromatic amines is 1. The monoisotopic (exact) mass is 1420 g/mol. The van der Waals surface area contributed by atoms with Crippen LogP contribution < -0.4 is 92.9 Å². The molecule has 0 aliphatic carbocycles. The molecule has 35 nitrogen and oxygen atoms in total. The highest BCUT2D eigenvalue weighted by Gasteiger charge is 2.37. The number of carbonyl (C=O) groups excluding carboxylic acids is 10. The molecule has 101 heavy (non-hydrogen) atoms. The third-order valence-electron chi connectivity index (χ3n) is 16.1. The fourth-order valence-electron chi connectivity index (χ4n) is 10.9. The average Bonchev–Trinajstić information content (AvgIpc) is 1.74. The van der Waals surface area contributed by atoms with E-state index in [1.54, 1.807) is 65.9 Å². The lowest BCUT2D eigenvalue weighted by molar-refractivity contribution is -0.142. The van der Waals surface area contributed by atoms with Crippen LogP contribution >= 0.6 is 0 Å². The molecule has 0 unspecified atom stereocenters. The van der Waals surface area contributed by atoms with Crippen molar-refractivity contribution in [3.05, 3.63) is 65.9 Å². The number of H-pyrrole nitrogens is 1. The molecule has 2 aromatic carbocycles. The Hall–Kier alpha value is -8.94. The topological polar surface area (TPSA) is 610 Å². The summed E-state index contributed by atoms with van der Waals surface area (Å²) in [5, 5.41) is 82.2. The number of aliphatic hydroxyl groups is 2. The highest BCUT2D eigenvalue weighted by Crippen LogP contribution is 2.21. The number of hydrogen-bond donors (Lipinski definition) is 23. The summed E-state index contributed by atoms with van der Waals surface area (Å²) >= 11 is 0.